The number of rotatable bonds is 4. The lowest BCUT2D eigenvalue weighted by atomic mass is 10.1. The smallest absolute Gasteiger partial charge is 0.271 e. The van der Waals surface area contributed by atoms with Crippen molar-refractivity contribution >= 4 is 11.7 Å². The third-order valence-corrected chi connectivity index (χ3v) is 2.06. The summed E-state index contributed by atoms with van der Waals surface area (Å²) in [7, 11) is 0. The van der Waals surface area contributed by atoms with E-state index in [0.29, 0.717) is 17.4 Å². The molecule has 5 heteroatoms. The average molecular weight is 250 g/mol. The molecule has 1 rings (SSSR count). The van der Waals surface area contributed by atoms with Crippen LogP contribution in [0.5, 0.6) is 0 Å². The molecule has 0 aliphatic rings. The van der Waals surface area contributed by atoms with E-state index in [1.807, 2.05) is 20.8 Å². The van der Waals surface area contributed by atoms with Crippen LogP contribution in [0.25, 0.3) is 0 Å². The lowest BCUT2D eigenvalue weighted by Crippen LogP contribution is -2.41. The Morgan fingerprint density at radius 2 is 1.94 bits per heavy atom. The van der Waals surface area contributed by atoms with Gasteiger partial charge in [-0.25, -0.2) is 9.97 Å². The van der Waals surface area contributed by atoms with E-state index in [9.17, 15) is 4.79 Å². The normalized spacial score (nSPS) is 11.4. The molecule has 1 heterocycles. The number of hydrogen-bond donors (Lipinski definition) is 2. The predicted octanol–water partition coefficient (Wildman–Crippen LogP) is 2.07. The average Bonchev–Trinajstić information content (AvgIpc) is 2.24. The molecule has 0 bridgehead atoms. The molecule has 18 heavy (non-hydrogen) atoms. The van der Waals surface area contributed by atoms with E-state index in [2.05, 4.69) is 34.4 Å². The fraction of sp³-hybridized carbons (Fsp3) is 0.615. The number of carbonyl (C=O) groups excluding carboxylic acids is 1. The summed E-state index contributed by atoms with van der Waals surface area (Å²) in [6.45, 7) is 10.9. The number of aromatic nitrogens is 2. The van der Waals surface area contributed by atoms with Crippen LogP contribution in [-0.2, 0) is 0 Å². The zero-order valence-electron chi connectivity index (χ0n) is 11.7. The van der Waals surface area contributed by atoms with Crippen LogP contribution >= 0.6 is 0 Å². The molecule has 2 N–H and O–H groups in total. The second-order valence-electron chi connectivity index (χ2n) is 5.77. The molecule has 0 aliphatic heterocycles. The first-order chi connectivity index (χ1) is 8.28. The van der Waals surface area contributed by atoms with E-state index >= 15 is 0 Å². The van der Waals surface area contributed by atoms with E-state index in [1.165, 1.54) is 6.20 Å². The summed E-state index contributed by atoms with van der Waals surface area (Å²) >= 11 is 0. The van der Waals surface area contributed by atoms with E-state index in [4.69, 9.17) is 0 Å². The molecule has 1 aromatic heterocycles. The minimum atomic E-state index is -0.271. The minimum Gasteiger partial charge on any atom is -0.369 e. The number of nitrogens with one attached hydrogen (secondary N) is 2. The van der Waals surface area contributed by atoms with Crippen LogP contribution < -0.4 is 10.6 Å². The third kappa shape index (κ3) is 5.12. The summed E-state index contributed by atoms with van der Waals surface area (Å²) in [5, 5.41) is 6.00. The van der Waals surface area contributed by atoms with Gasteiger partial charge in [0.2, 0.25) is 0 Å². The molecule has 0 aromatic carbocycles. The van der Waals surface area contributed by atoms with E-state index in [-0.39, 0.29) is 11.4 Å². The highest BCUT2D eigenvalue weighted by Crippen LogP contribution is 2.05. The van der Waals surface area contributed by atoms with Gasteiger partial charge in [0.05, 0.1) is 12.4 Å². The van der Waals surface area contributed by atoms with Crippen molar-refractivity contribution in [1.82, 2.24) is 15.3 Å². The summed E-state index contributed by atoms with van der Waals surface area (Å²) in [4.78, 5) is 20.1. The van der Waals surface area contributed by atoms with E-state index in [0.717, 1.165) is 6.54 Å². The molecule has 0 radical (unpaired) electrons. The quantitative estimate of drug-likeness (QED) is 0.858. The number of hydrogen-bond acceptors (Lipinski definition) is 4. The molecular weight excluding hydrogens is 228 g/mol. The first-order valence-corrected chi connectivity index (χ1v) is 6.16. The minimum absolute atomic E-state index is 0.203. The lowest BCUT2D eigenvalue weighted by molar-refractivity contribution is 0.0914. The Kier molecular flexibility index (Phi) is 4.64. The summed E-state index contributed by atoms with van der Waals surface area (Å²) < 4.78 is 0. The van der Waals surface area contributed by atoms with Crippen molar-refractivity contribution in [3.8, 4) is 0 Å². The van der Waals surface area contributed by atoms with Crippen molar-refractivity contribution in [3.63, 3.8) is 0 Å². The second-order valence-corrected chi connectivity index (χ2v) is 5.77. The van der Waals surface area contributed by atoms with Gasteiger partial charge < -0.3 is 10.6 Å². The van der Waals surface area contributed by atoms with Crippen molar-refractivity contribution in [2.75, 3.05) is 11.9 Å². The summed E-state index contributed by atoms with van der Waals surface area (Å²) in [5.41, 5.74) is 0.0628. The van der Waals surface area contributed by atoms with Gasteiger partial charge in [0, 0.05) is 12.1 Å². The van der Waals surface area contributed by atoms with Gasteiger partial charge in [-0.3, -0.25) is 4.79 Å². The maximum atomic E-state index is 11.8. The molecule has 0 atom stereocenters. The van der Waals surface area contributed by atoms with Crippen molar-refractivity contribution in [2.45, 2.75) is 40.2 Å². The molecule has 0 saturated heterocycles. The predicted molar refractivity (Wildman–Crippen MR) is 72.6 cm³/mol. The number of amides is 1. The molecule has 0 aliphatic carbocycles. The highest BCUT2D eigenvalue weighted by atomic mass is 16.2. The van der Waals surface area contributed by atoms with Crippen molar-refractivity contribution in [2.24, 2.45) is 5.92 Å². The van der Waals surface area contributed by atoms with E-state index in [1.54, 1.807) is 6.20 Å². The molecule has 100 valence electrons. The lowest BCUT2D eigenvalue weighted by Gasteiger charge is -2.19. The van der Waals surface area contributed by atoms with Gasteiger partial charge in [0.25, 0.3) is 5.91 Å². The Morgan fingerprint density at radius 3 is 2.39 bits per heavy atom. The van der Waals surface area contributed by atoms with Gasteiger partial charge in [0.15, 0.2) is 0 Å². The van der Waals surface area contributed by atoms with Crippen LogP contribution in [0.2, 0.25) is 0 Å². The number of anilines is 1. The van der Waals surface area contributed by atoms with Crippen LogP contribution in [-0.4, -0.2) is 28.0 Å². The van der Waals surface area contributed by atoms with Gasteiger partial charge in [-0.15, -0.1) is 0 Å². The van der Waals surface area contributed by atoms with Gasteiger partial charge in [-0.1, -0.05) is 13.8 Å². The zero-order chi connectivity index (χ0) is 13.8. The highest BCUT2D eigenvalue weighted by molar-refractivity contribution is 5.92. The van der Waals surface area contributed by atoms with E-state index < -0.39 is 0 Å². The van der Waals surface area contributed by atoms with Crippen LogP contribution in [0.4, 0.5) is 5.82 Å². The Balaban J connectivity index is 2.62. The Morgan fingerprint density at radius 1 is 1.28 bits per heavy atom. The van der Waals surface area contributed by atoms with Gasteiger partial charge in [0.1, 0.15) is 11.5 Å². The summed E-state index contributed by atoms with van der Waals surface area (Å²) in [5.74, 6) is 1.03. The first kappa shape index (κ1) is 14.4. The Labute approximate surface area is 108 Å². The third-order valence-electron chi connectivity index (χ3n) is 2.06. The first-order valence-electron chi connectivity index (χ1n) is 6.16. The van der Waals surface area contributed by atoms with Gasteiger partial charge in [-0.05, 0) is 26.7 Å². The molecule has 1 aromatic rings. The van der Waals surface area contributed by atoms with Crippen molar-refractivity contribution in [3.05, 3.63) is 18.1 Å². The molecule has 0 spiro atoms. The zero-order valence-corrected chi connectivity index (χ0v) is 11.7. The molecule has 0 fully saturated rings. The maximum absolute atomic E-state index is 11.8. The fourth-order valence-corrected chi connectivity index (χ4v) is 1.25. The highest BCUT2D eigenvalue weighted by Gasteiger charge is 2.16. The summed E-state index contributed by atoms with van der Waals surface area (Å²) in [6.07, 6.45) is 3.07. The Hall–Kier alpha value is -1.65. The maximum Gasteiger partial charge on any atom is 0.271 e. The van der Waals surface area contributed by atoms with Crippen LogP contribution in [0, 0.1) is 5.92 Å². The van der Waals surface area contributed by atoms with Crippen LogP contribution in [0.1, 0.15) is 45.1 Å². The van der Waals surface area contributed by atoms with Crippen molar-refractivity contribution in [1.29, 1.82) is 0 Å². The number of carbonyl (C=O) groups is 1. The second kappa shape index (κ2) is 5.80. The monoisotopic (exact) mass is 250 g/mol. The standard InChI is InChI=1S/C13H22N4O/c1-9(2)6-15-11-8-14-10(7-16-11)12(18)17-13(3,4)5/h7-9H,6H2,1-5H3,(H,15,16)(H,17,18). The number of nitrogens with zero attached hydrogens (tertiary/aromatic N) is 2. The summed E-state index contributed by atoms with van der Waals surface area (Å²) in [6, 6.07) is 0. The molecule has 5 nitrogen and oxygen atoms in total. The SMILES string of the molecule is CC(C)CNc1cnc(C(=O)NC(C)(C)C)cn1. The molecule has 0 saturated carbocycles. The fourth-order valence-electron chi connectivity index (χ4n) is 1.25. The van der Waals surface area contributed by atoms with Crippen molar-refractivity contribution < 1.29 is 4.79 Å². The molecular formula is C13H22N4O. The van der Waals surface area contributed by atoms with Crippen LogP contribution in [0.15, 0.2) is 12.4 Å². The Bertz CT molecular complexity index is 392. The largest absolute Gasteiger partial charge is 0.369 e. The van der Waals surface area contributed by atoms with Crippen LogP contribution in [0.3, 0.4) is 0 Å². The topological polar surface area (TPSA) is 66.9 Å². The van der Waals surface area contributed by atoms with Gasteiger partial charge >= 0.3 is 0 Å². The molecule has 1 amide bonds. The molecule has 0 unspecified atom stereocenters. The van der Waals surface area contributed by atoms with Gasteiger partial charge in [-0.2, -0.15) is 0 Å².